The van der Waals surface area contributed by atoms with E-state index in [9.17, 15) is 29.9 Å². The molecule has 8 nitrogen and oxygen atoms in total. The first-order valence-electron chi connectivity index (χ1n) is 4.57. The molecule has 0 spiro atoms. The second-order valence-corrected chi connectivity index (χ2v) is 3.36. The largest absolute Gasteiger partial charge is 0.504 e. The summed E-state index contributed by atoms with van der Waals surface area (Å²) in [5.41, 5.74) is -0.885. The van der Waals surface area contributed by atoms with Gasteiger partial charge in [0.1, 0.15) is 5.39 Å². The lowest BCUT2D eigenvalue weighted by atomic mass is 10.1. The molecule has 1 aromatic heterocycles. The zero-order chi connectivity index (χ0) is 13.4. The highest BCUT2D eigenvalue weighted by Gasteiger charge is 2.29. The van der Waals surface area contributed by atoms with Crippen molar-refractivity contribution in [2.24, 2.45) is 0 Å². The van der Waals surface area contributed by atoms with E-state index in [-0.39, 0.29) is 17.1 Å². The first-order chi connectivity index (χ1) is 8.47. The standard InChI is InChI=1S/C10H5NO7/c12-2-6(14)10-7-4(3-18-10)1-5(13)9(15)8(7)11(16)17/h1-3,13,15H. The van der Waals surface area contributed by atoms with Gasteiger partial charge in [-0.3, -0.25) is 19.7 Å². The van der Waals surface area contributed by atoms with E-state index >= 15 is 0 Å². The van der Waals surface area contributed by atoms with Crippen LogP contribution in [0, 0.1) is 10.1 Å². The fourth-order valence-corrected chi connectivity index (χ4v) is 1.59. The van der Waals surface area contributed by atoms with Crippen LogP contribution in [0.2, 0.25) is 0 Å². The number of phenols is 2. The number of carbonyl (C=O) groups excluding carboxylic acids is 2. The van der Waals surface area contributed by atoms with Crippen LogP contribution in [0.1, 0.15) is 10.6 Å². The number of furan rings is 1. The molecule has 0 atom stereocenters. The lowest BCUT2D eigenvalue weighted by molar-refractivity contribution is -0.384. The van der Waals surface area contributed by atoms with E-state index in [0.717, 1.165) is 12.3 Å². The van der Waals surface area contributed by atoms with Crippen LogP contribution < -0.4 is 0 Å². The van der Waals surface area contributed by atoms with Crippen molar-refractivity contribution in [3.63, 3.8) is 0 Å². The number of ketones is 1. The third-order valence-electron chi connectivity index (χ3n) is 2.33. The minimum absolute atomic E-state index is 0.0298. The van der Waals surface area contributed by atoms with E-state index < -0.39 is 33.7 Å². The van der Waals surface area contributed by atoms with Gasteiger partial charge in [0.05, 0.1) is 11.2 Å². The van der Waals surface area contributed by atoms with Gasteiger partial charge in [-0.1, -0.05) is 0 Å². The highest BCUT2D eigenvalue weighted by molar-refractivity contribution is 6.36. The number of aromatic hydroxyl groups is 2. The fourth-order valence-electron chi connectivity index (χ4n) is 1.59. The summed E-state index contributed by atoms with van der Waals surface area (Å²) in [7, 11) is 0. The van der Waals surface area contributed by atoms with E-state index in [1.807, 2.05) is 0 Å². The molecule has 2 N–H and O–H groups in total. The summed E-state index contributed by atoms with van der Waals surface area (Å²) in [6.45, 7) is 0. The van der Waals surface area contributed by atoms with Gasteiger partial charge in [0.2, 0.25) is 5.75 Å². The third-order valence-corrected chi connectivity index (χ3v) is 2.33. The molecule has 0 bridgehead atoms. The molecule has 0 radical (unpaired) electrons. The molecule has 18 heavy (non-hydrogen) atoms. The number of fused-ring (bicyclic) bond motifs is 1. The van der Waals surface area contributed by atoms with Crippen molar-refractivity contribution in [1.29, 1.82) is 0 Å². The maximum atomic E-state index is 11.2. The van der Waals surface area contributed by atoms with Crippen molar-refractivity contribution in [3.05, 3.63) is 28.2 Å². The number of benzene rings is 1. The monoisotopic (exact) mass is 251 g/mol. The van der Waals surface area contributed by atoms with Crippen molar-refractivity contribution in [1.82, 2.24) is 0 Å². The van der Waals surface area contributed by atoms with Crippen LogP contribution in [0.15, 0.2) is 16.7 Å². The average Bonchev–Trinajstić information content (AvgIpc) is 2.72. The van der Waals surface area contributed by atoms with Gasteiger partial charge in [-0.2, -0.15) is 0 Å². The van der Waals surface area contributed by atoms with Gasteiger partial charge in [0.25, 0.3) is 5.78 Å². The number of nitro groups is 1. The highest BCUT2D eigenvalue weighted by atomic mass is 16.6. The quantitative estimate of drug-likeness (QED) is 0.209. The average molecular weight is 251 g/mol. The Kier molecular flexibility index (Phi) is 2.47. The van der Waals surface area contributed by atoms with Crippen molar-refractivity contribution in [2.75, 3.05) is 0 Å². The summed E-state index contributed by atoms with van der Waals surface area (Å²) in [5, 5.41) is 29.3. The predicted octanol–water partition coefficient (Wildman–Crippen LogP) is 1.13. The number of nitrogens with zero attached hydrogens (tertiary/aromatic N) is 1. The van der Waals surface area contributed by atoms with Crippen molar-refractivity contribution in [2.45, 2.75) is 0 Å². The van der Waals surface area contributed by atoms with E-state index in [0.29, 0.717) is 0 Å². The van der Waals surface area contributed by atoms with Gasteiger partial charge in [-0.25, -0.2) is 0 Å². The summed E-state index contributed by atoms with van der Waals surface area (Å²) in [5.74, 6) is -3.37. The predicted molar refractivity (Wildman–Crippen MR) is 56.6 cm³/mol. The second kappa shape index (κ2) is 3.84. The highest BCUT2D eigenvalue weighted by Crippen LogP contribution is 2.43. The van der Waals surface area contributed by atoms with Gasteiger partial charge in [-0.05, 0) is 6.07 Å². The zero-order valence-electron chi connectivity index (χ0n) is 8.61. The number of phenolic OH excluding ortho intramolecular Hbond substituents is 2. The Hall–Kier alpha value is -2.90. The van der Waals surface area contributed by atoms with Gasteiger partial charge in [-0.15, -0.1) is 0 Å². The molecule has 0 unspecified atom stereocenters. The van der Waals surface area contributed by atoms with E-state index in [1.54, 1.807) is 0 Å². The first-order valence-corrected chi connectivity index (χ1v) is 4.57. The van der Waals surface area contributed by atoms with Crippen LogP contribution in [-0.4, -0.2) is 27.2 Å². The Morgan fingerprint density at radius 1 is 1.44 bits per heavy atom. The Balaban J connectivity index is 2.95. The van der Waals surface area contributed by atoms with Gasteiger partial charge < -0.3 is 14.6 Å². The van der Waals surface area contributed by atoms with Gasteiger partial charge in [0, 0.05) is 5.39 Å². The minimum atomic E-state index is -1.10. The Bertz CT molecular complexity index is 685. The summed E-state index contributed by atoms with van der Waals surface area (Å²) < 4.78 is 4.76. The Morgan fingerprint density at radius 3 is 2.67 bits per heavy atom. The van der Waals surface area contributed by atoms with Crippen molar-refractivity contribution in [3.8, 4) is 11.5 Å². The zero-order valence-corrected chi connectivity index (χ0v) is 8.61. The molecule has 0 fully saturated rings. The van der Waals surface area contributed by atoms with Gasteiger partial charge >= 0.3 is 5.69 Å². The maximum absolute atomic E-state index is 11.2. The van der Waals surface area contributed by atoms with Crippen LogP contribution in [0.3, 0.4) is 0 Å². The normalized spacial score (nSPS) is 10.4. The van der Waals surface area contributed by atoms with Gasteiger partial charge in [0.15, 0.2) is 17.8 Å². The maximum Gasteiger partial charge on any atom is 0.326 e. The molecule has 0 saturated carbocycles. The number of rotatable bonds is 3. The number of hydrogen-bond donors (Lipinski definition) is 2. The molecule has 92 valence electrons. The molecule has 0 aliphatic rings. The molecule has 0 amide bonds. The van der Waals surface area contributed by atoms with Crippen LogP contribution in [0.4, 0.5) is 5.69 Å². The molecule has 1 aromatic carbocycles. The van der Waals surface area contributed by atoms with E-state index in [4.69, 9.17) is 4.42 Å². The number of aldehydes is 1. The van der Waals surface area contributed by atoms with E-state index in [1.165, 1.54) is 0 Å². The smallest absolute Gasteiger partial charge is 0.326 e. The molecule has 0 aliphatic carbocycles. The lowest BCUT2D eigenvalue weighted by Gasteiger charge is -2.00. The number of nitro benzene ring substituents is 1. The van der Waals surface area contributed by atoms with Crippen LogP contribution >= 0.6 is 0 Å². The van der Waals surface area contributed by atoms with Crippen LogP contribution in [0.5, 0.6) is 11.5 Å². The Morgan fingerprint density at radius 2 is 2.11 bits per heavy atom. The lowest BCUT2D eigenvalue weighted by Crippen LogP contribution is -2.00. The van der Waals surface area contributed by atoms with Crippen LogP contribution in [-0.2, 0) is 4.79 Å². The summed E-state index contributed by atoms with van der Waals surface area (Å²) in [6.07, 6.45) is 0.907. The summed E-state index contributed by atoms with van der Waals surface area (Å²) in [4.78, 5) is 31.5. The molecule has 1 heterocycles. The number of Topliss-reactive ketones (excluding diaryl/α,β-unsaturated/α-hetero) is 1. The molecule has 0 saturated heterocycles. The second-order valence-electron chi connectivity index (χ2n) is 3.36. The number of carbonyl (C=O) groups is 2. The van der Waals surface area contributed by atoms with Crippen LogP contribution in [0.25, 0.3) is 10.8 Å². The van der Waals surface area contributed by atoms with E-state index in [2.05, 4.69) is 0 Å². The molecule has 2 aromatic rings. The fraction of sp³-hybridized carbons (Fsp3) is 0. The minimum Gasteiger partial charge on any atom is -0.504 e. The first kappa shape index (κ1) is 11.6. The molecule has 8 heteroatoms. The molecule has 2 rings (SSSR count). The number of hydrogen-bond acceptors (Lipinski definition) is 7. The van der Waals surface area contributed by atoms with Crippen molar-refractivity contribution >= 4 is 28.5 Å². The summed E-state index contributed by atoms with van der Waals surface area (Å²) >= 11 is 0. The molecule has 0 aliphatic heterocycles. The SMILES string of the molecule is O=CC(=O)c1occ2cc(O)c(O)c([N+](=O)[O-])c12. The topological polar surface area (TPSA) is 131 Å². The summed E-state index contributed by atoms with van der Waals surface area (Å²) in [6, 6.07) is 0.989. The Labute approximate surface area is 98.2 Å². The van der Waals surface area contributed by atoms with Crippen molar-refractivity contribution < 1.29 is 29.1 Å². The molecular formula is C10H5NO7. The molecular weight excluding hydrogens is 246 g/mol. The third kappa shape index (κ3) is 1.47.